The molecule has 2 heterocycles. The van der Waals surface area contributed by atoms with E-state index in [4.69, 9.17) is 4.74 Å². The van der Waals surface area contributed by atoms with Crippen LogP contribution in [-0.4, -0.2) is 52.9 Å². The molecule has 1 unspecified atom stereocenters. The Balaban J connectivity index is 2.20. The molecule has 24 heavy (non-hydrogen) atoms. The summed E-state index contributed by atoms with van der Waals surface area (Å²) in [6.45, 7) is 8.48. The van der Waals surface area contributed by atoms with E-state index in [0.717, 1.165) is 17.8 Å². The maximum absolute atomic E-state index is 12.3. The van der Waals surface area contributed by atoms with Crippen LogP contribution in [0.25, 0.3) is 10.2 Å². The van der Waals surface area contributed by atoms with Crippen LogP contribution < -0.4 is 5.56 Å². The van der Waals surface area contributed by atoms with E-state index < -0.39 is 6.10 Å². The average Bonchev–Trinajstić information content (AvgIpc) is 2.91. The Morgan fingerprint density at radius 3 is 2.79 bits per heavy atom. The number of rotatable bonds is 9. The summed E-state index contributed by atoms with van der Waals surface area (Å²) in [7, 11) is 1.68. The van der Waals surface area contributed by atoms with Gasteiger partial charge in [-0.15, -0.1) is 11.3 Å². The van der Waals surface area contributed by atoms with Crippen molar-refractivity contribution in [3.05, 3.63) is 27.1 Å². The van der Waals surface area contributed by atoms with Crippen LogP contribution in [0.1, 0.15) is 43.8 Å². The molecule has 2 N–H and O–H groups in total. The first-order valence-corrected chi connectivity index (χ1v) is 9.14. The van der Waals surface area contributed by atoms with Gasteiger partial charge in [0.2, 0.25) is 0 Å². The maximum atomic E-state index is 12.3. The van der Waals surface area contributed by atoms with Crippen molar-refractivity contribution in [2.45, 2.75) is 45.8 Å². The average molecular weight is 353 g/mol. The molecule has 2 aromatic rings. The van der Waals surface area contributed by atoms with Gasteiger partial charge in [0.05, 0.1) is 18.0 Å². The van der Waals surface area contributed by atoms with E-state index in [9.17, 15) is 9.90 Å². The minimum Gasteiger partial charge on any atom is -0.392 e. The Labute approximate surface area is 146 Å². The van der Waals surface area contributed by atoms with Crippen molar-refractivity contribution < 1.29 is 9.84 Å². The molecule has 0 radical (unpaired) electrons. The normalized spacial score (nSPS) is 13.3. The molecule has 0 fully saturated rings. The van der Waals surface area contributed by atoms with E-state index >= 15 is 0 Å². The second-order valence-electron chi connectivity index (χ2n) is 6.47. The monoisotopic (exact) mass is 353 g/mol. The van der Waals surface area contributed by atoms with Crippen LogP contribution >= 0.6 is 11.3 Å². The summed E-state index contributed by atoms with van der Waals surface area (Å²) in [5, 5.41) is 10.3. The number of thiophene rings is 1. The molecule has 1 atom stereocenters. The second-order valence-corrected chi connectivity index (χ2v) is 7.53. The Bertz CT molecular complexity index is 709. The lowest BCUT2D eigenvalue weighted by Crippen LogP contribution is -2.33. The molecule has 2 rings (SSSR count). The van der Waals surface area contributed by atoms with Crippen molar-refractivity contribution in [2.24, 2.45) is 0 Å². The first-order chi connectivity index (χ1) is 11.4. The number of ether oxygens (including phenoxy) is 1. The molecule has 134 valence electrons. The number of fused-ring (bicyclic) bond motifs is 1. The number of aliphatic hydroxyl groups excluding tert-OH is 1. The van der Waals surface area contributed by atoms with Gasteiger partial charge in [0.1, 0.15) is 10.7 Å². The van der Waals surface area contributed by atoms with E-state index in [1.54, 1.807) is 25.4 Å². The molecule has 6 nitrogen and oxygen atoms in total. The summed E-state index contributed by atoms with van der Waals surface area (Å²) in [5.74, 6) is 1.02. The fourth-order valence-electron chi connectivity index (χ4n) is 2.61. The summed E-state index contributed by atoms with van der Waals surface area (Å²) in [4.78, 5) is 23.9. The molecule has 0 aliphatic heterocycles. The molecule has 2 aromatic heterocycles. The van der Waals surface area contributed by atoms with Crippen molar-refractivity contribution in [1.82, 2.24) is 14.9 Å². The molecule has 0 spiro atoms. The van der Waals surface area contributed by atoms with Crippen LogP contribution in [-0.2, 0) is 11.3 Å². The van der Waals surface area contributed by atoms with Crippen molar-refractivity contribution in [2.75, 3.05) is 26.8 Å². The molecule has 0 saturated heterocycles. The number of methoxy groups -OCH3 is 1. The summed E-state index contributed by atoms with van der Waals surface area (Å²) < 4.78 is 5.09. The minimum absolute atomic E-state index is 0.0907. The highest BCUT2D eigenvalue weighted by molar-refractivity contribution is 7.18. The molecule has 0 aromatic carbocycles. The van der Waals surface area contributed by atoms with Gasteiger partial charge in [-0.3, -0.25) is 9.69 Å². The first kappa shape index (κ1) is 19.1. The molecule has 0 bridgehead atoms. The summed E-state index contributed by atoms with van der Waals surface area (Å²) in [5.41, 5.74) is -0.0907. The highest BCUT2D eigenvalue weighted by atomic mass is 32.1. The smallest absolute Gasteiger partial charge is 0.259 e. The van der Waals surface area contributed by atoms with Crippen molar-refractivity contribution in [3.63, 3.8) is 0 Å². The van der Waals surface area contributed by atoms with Gasteiger partial charge in [-0.2, -0.15) is 0 Å². The summed E-state index contributed by atoms with van der Waals surface area (Å²) >= 11 is 1.58. The lowest BCUT2D eigenvalue weighted by atomic mass is 10.2. The van der Waals surface area contributed by atoms with Gasteiger partial charge in [0, 0.05) is 31.7 Å². The fourth-order valence-corrected chi connectivity index (χ4v) is 3.66. The molecule has 0 aliphatic carbocycles. The molecule has 7 heteroatoms. The highest BCUT2D eigenvalue weighted by Crippen LogP contribution is 2.27. The zero-order valence-corrected chi connectivity index (χ0v) is 15.7. The number of hydrogen-bond donors (Lipinski definition) is 2. The minimum atomic E-state index is -0.433. The van der Waals surface area contributed by atoms with Crippen molar-refractivity contribution in [1.29, 1.82) is 0 Å². The SMILES string of the molecule is COCCCN(Cc1nc2sc(C(C)C)cc2c(=O)[nH]1)CC(C)O. The summed E-state index contributed by atoms with van der Waals surface area (Å²) in [6, 6.07) is 1.94. The zero-order chi connectivity index (χ0) is 17.7. The van der Waals surface area contributed by atoms with Crippen LogP contribution in [0.3, 0.4) is 0 Å². The number of nitrogens with zero attached hydrogens (tertiary/aromatic N) is 2. The van der Waals surface area contributed by atoms with Gasteiger partial charge in [-0.05, 0) is 25.3 Å². The molecule has 0 saturated carbocycles. The van der Waals surface area contributed by atoms with Crippen molar-refractivity contribution in [3.8, 4) is 0 Å². The number of nitrogens with one attached hydrogen (secondary N) is 1. The Hall–Kier alpha value is -1.28. The third-order valence-corrected chi connectivity index (χ3v) is 5.09. The van der Waals surface area contributed by atoms with Crippen LogP contribution in [0.5, 0.6) is 0 Å². The molecular formula is C17H27N3O3S. The number of H-pyrrole nitrogens is 1. The topological polar surface area (TPSA) is 78.5 Å². The predicted molar refractivity (Wildman–Crippen MR) is 97.8 cm³/mol. The van der Waals surface area contributed by atoms with Gasteiger partial charge in [0.15, 0.2) is 0 Å². The van der Waals surface area contributed by atoms with Crippen molar-refractivity contribution >= 4 is 21.6 Å². The molecule has 0 amide bonds. The number of aromatic amines is 1. The fraction of sp³-hybridized carbons (Fsp3) is 0.647. The van der Waals surface area contributed by atoms with E-state index in [2.05, 4.69) is 28.7 Å². The van der Waals surface area contributed by atoms with Gasteiger partial charge < -0.3 is 14.8 Å². The van der Waals surface area contributed by atoms with Gasteiger partial charge in [0.25, 0.3) is 5.56 Å². The van der Waals surface area contributed by atoms with Crippen LogP contribution in [0.4, 0.5) is 0 Å². The third-order valence-electron chi connectivity index (χ3n) is 3.76. The van der Waals surface area contributed by atoms with E-state index in [1.165, 1.54) is 4.88 Å². The lowest BCUT2D eigenvalue weighted by molar-refractivity contribution is 0.109. The summed E-state index contributed by atoms with van der Waals surface area (Å²) in [6.07, 6.45) is 0.434. The predicted octanol–water partition coefficient (Wildman–Crippen LogP) is 2.33. The molecular weight excluding hydrogens is 326 g/mol. The van der Waals surface area contributed by atoms with Gasteiger partial charge in [-0.1, -0.05) is 13.8 Å². The Morgan fingerprint density at radius 2 is 2.17 bits per heavy atom. The van der Waals surface area contributed by atoms with Crippen LogP contribution in [0.2, 0.25) is 0 Å². The van der Waals surface area contributed by atoms with Crippen LogP contribution in [0.15, 0.2) is 10.9 Å². The van der Waals surface area contributed by atoms with E-state index in [0.29, 0.717) is 36.8 Å². The van der Waals surface area contributed by atoms with Gasteiger partial charge >= 0.3 is 0 Å². The Kier molecular flexibility index (Phi) is 6.91. The number of hydrogen-bond acceptors (Lipinski definition) is 6. The number of aromatic nitrogens is 2. The maximum Gasteiger partial charge on any atom is 0.259 e. The second kappa shape index (κ2) is 8.71. The van der Waals surface area contributed by atoms with Gasteiger partial charge in [-0.25, -0.2) is 4.98 Å². The largest absolute Gasteiger partial charge is 0.392 e. The van der Waals surface area contributed by atoms with E-state index in [1.807, 2.05) is 6.07 Å². The number of aliphatic hydroxyl groups is 1. The standard InChI is InChI=1S/C17H27N3O3S/c1-11(2)14-8-13-16(22)18-15(19-17(13)24-14)10-20(9-12(3)21)6-5-7-23-4/h8,11-12,21H,5-7,9-10H2,1-4H3,(H,18,19,22). The lowest BCUT2D eigenvalue weighted by Gasteiger charge is -2.22. The third kappa shape index (κ3) is 5.11. The van der Waals surface area contributed by atoms with Crippen LogP contribution in [0, 0.1) is 0 Å². The zero-order valence-electron chi connectivity index (χ0n) is 14.8. The Morgan fingerprint density at radius 1 is 1.42 bits per heavy atom. The highest BCUT2D eigenvalue weighted by Gasteiger charge is 2.14. The molecule has 0 aliphatic rings. The van der Waals surface area contributed by atoms with E-state index in [-0.39, 0.29) is 5.56 Å². The quantitative estimate of drug-likeness (QED) is 0.677. The first-order valence-electron chi connectivity index (χ1n) is 8.32.